The van der Waals surface area contributed by atoms with Crippen LogP contribution in [0.3, 0.4) is 0 Å². The molecule has 1 aliphatic heterocycles. The summed E-state index contributed by atoms with van der Waals surface area (Å²) in [5.41, 5.74) is 1.74. The third-order valence-electron chi connectivity index (χ3n) is 4.47. The summed E-state index contributed by atoms with van der Waals surface area (Å²) in [6.07, 6.45) is 1.34. The fraction of sp³-hybridized carbons (Fsp3) is 0.611. The predicted molar refractivity (Wildman–Crippen MR) is 95.2 cm³/mol. The van der Waals surface area contributed by atoms with Crippen molar-refractivity contribution in [1.29, 1.82) is 0 Å². The number of carbonyl (C=O) groups is 1. The number of amides is 1. The number of piperidine rings is 1. The Balaban J connectivity index is 1.92. The standard InChI is InChI=1S/C18H28N2O3S/c1-13-5-6-17(16(4)10-13)24(22,23)19-8-7-18(21)20-11-14(2)9-15(3)12-20/h5-6,10,14-15,19H,7-9,11-12H2,1-4H3. The number of hydrogen-bond donors (Lipinski definition) is 1. The van der Waals surface area contributed by atoms with Crippen LogP contribution in [0.15, 0.2) is 23.1 Å². The minimum Gasteiger partial charge on any atom is -0.342 e. The number of aryl methyl sites for hydroxylation is 2. The summed E-state index contributed by atoms with van der Waals surface area (Å²) in [7, 11) is -3.58. The molecule has 1 amide bonds. The van der Waals surface area contributed by atoms with E-state index >= 15 is 0 Å². The van der Waals surface area contributed by atoms with Crippen LogP contribution in [-0.2, 0) is 14.8 Å². The first-order chi connectivity index (χ1) is 11.2. The second-order valence-electron chi connectivity index (χ2n) is 7.16. The van der Waals surface area contributed by atoms with Crippen molar-refractivity contribution >= 4 is 15.9 Å². The van der Waals surface area contributed by atoms with Gasteiger partial charge < -0.3 is 4.90 Å². The Bertz CT molecular complexity index is 690. The first-order valence-corrected chi connectivity index (χ1v) is 10.0. The molecule has 0 saturated carbocycles. The Hall–Kier alpha value is -1.40. The van der Waals surface area contributed by atoms with Crippen LogP contribution in [0.4, 0.5) is 0 Å². The molecule has 0 spiro atoms. The Labute approximate surface area is 145 Å². The van der Waals surface area contributed by atoms with Gasteiger partial charge in [-0.05, 0) is 43.7 Å². The van der Waals surface area contributed by atoms with Gasteiger partial charge in [-0.25, -0.2) is 13.1 Å². The highest BCUT2D eigenvalue weighted by Gasteiger charge is 2.25. The van der Waals surface area contributed by atoms with Gasteiger partial charge in [-0.15, -0.1) is 0 Å². The third kappa shape index (κ3) is 4.80. The monoisotopic (exact) mass is 352 g/mol. The fourth-order valence-corrected chi connectivity index (χ4v) is 4.75. The molecular formula is C18H28N2O3S. The Morgan fingerprint density at radius 3 is 2.42 bits per heavy atom. The molecule has 2 unspecified atom stereocenters. The van der Waals surface area contributed by atoms with E-state index in [1.165, 1.54) is 0 Å². The summed E-state index contributed by atoms with van der Waals surface area (Å²) in [5.74, 6) is 1.03. The molecule has 1 aromatic rings. The zero-order chi connectivity index (χ0) is 17.9. The molecule has 5 nitrogen and oxygen atoms in total. The first kappa shape index (κ1) is 18.9. The zero-order valence-electron chi connectivity index (χ0n) is 15.0. The van der Waals surface area contributed by atoms with Gasteiger partial charge in [0.2, 0.25) is 15.9 Å². The molecule has 1 heterocycles. The maximum atomic E-state index is 12.4. The molecule has 2 atom stereocenters. The maximum absolute atomic E-state index is 12.4. The molecule has 1 fully saturated rings. The lowest BCUT2D eigenvalue weighted by atomic mass is 9.92. The van der Waals surface area contributed by atoms with Crippen LogP contribution in [0, 0.1) is 25.7 Å². The maximum Gasteiger partial charge on any atom is 0.240 e. The van der Waals surface area contributed by atoms with Gasteiger partial charge in [-0.3, -0.25) is 4.79 Å². The molecule has 1 saturated heterocycles. The largest absolute Gasteiger partial charge is 0.342 e. The topological polar surface area (TPSA) is 66.5 Å². The second-order valence-corrected chi connectivity index (χ2v) is 8.90. The highest BCUT2D eigenvalue weighted by Crippen LogP contribution is 2.21. The number of likely N-dealkylation sites (tertiary alicyclic amines) is 1. The van der Waals surface area contributed by atoms with Crippen LogP contribution in [0.5, 0.6) is 0 Å². The van der Waals surface area contributed by atoms with Gasteiger partial charge in [-0.2, -0.15) is 0 Å². The molecule has 0 aliphatic carbocycles. The smallest absolute Gasteiger partial charge is 0.240 e. The van der Waals surface area contributed by atoms with Gasteiger partial charge in [0.1, 0.15) is 0 Å². The van der Waals surface area contributed by atoms with E-state index in [1.54, 1.807) is 19.1 Å². The number of sulfonamides is 1. The van der Waals surface area contributed by atoms with Crippen molar-refractivity contribution < 1.29 is 13.2 Å². The van der Waals surface area contributed by atoms with E-state index in [9.17, 15) is 13.2 Å². The molecule has 0 radical (unpaired) electrons. The van der Waals surface area contributed by atoms with Crippen molar-refractivity contribution in [3.05, 3.63) is 29.3 Å². The van der Waals surface area contributed by atoms with Gasteiger partial charge in [0.05, 0.1) is 4.90 Å². The van der Waals surface area contributed by atoms with Gasteiger partial charge >= 0.3 is 0 Å². The lowest BCUT2D eigenvalue weighted by Crippen LogP contribution is -2.43. The zero-order valence-corrected chi connectivity index (χ0v) is 15.8. The van der Waals surface area contributed by atoms with E-state index in [0.29, 0.717) is 17.4 Å². The van der Waals surface area contributed by atoms with Crippen molar-refractivity contribution in [2.24, 2.45) is 11.8 Å². The van der Waals surface area contributed by atoms with E-state index in [4.69, 9.17) is 0 Å². The molecule has 0 aromatic heterocycles. The molecule has 1 N–H and O–H groups in total. The molecule has 134 valence electrons. The highest BCUT2D eigenvalue weighted by atomic mass is 32.2. The minimum atomic E-state index is -3.58. The van der Waals surface area contributed by atoms with Crippen LogP contribution in [-0.4, -0.2) is 38.9 Å². The van der Waals surface area contributed by atoms with Crippen LogP contribution in [0.2, 0.25) is 0 Å². The second kappa shape index (κ2) is 7.66. The number of carbonyl (C=O) groups excluding carboxylic acids is 1. The summed E-state index contributed by atoms with van der Waals surface area (Å²) >= 11 is 0. The van der Waals surface area contributed by atoms with Crippen LogP contribution in [0.1, 0.15) is 37.8 Å². The average Bonchev–Trinajstić information content (AvgIpc) is 2.45. The average molecular weight is 353 g/mol. The Morgan fingerprint density at radius 1 is 1.21 bits per heavy atom. The number of rotatable bonds is 5. The van der Waals surface area contributed by atoms with Crippen LogP contribution >= 0.6 is 0 Å². The fourth-order valence-electron chi connectivity index (χ4n) is 3.50. The van der Waals surface area contributed by atoms with E-state index < -0.39 is 10.0 Å². The SMILES string of the molecule is Cc1ccc(S(=O)(=O)NCCC(=O)N2CC(C)CC(C)C2)c(C)c1. The summed E-state index contributed by atoms with van der Waals surface area (Å²) in [6.45, 7) is 9.69. The van der Waals surface area contributed by atoms with Gasteiger partial charge in [-0.1, -0.05) is 31.5 Å². The molecular weight excluding hydrogens is 324 g/mol. The molecule has 1 aromatic carbocycles. The van der Waals surface area contributed by atoms with E-state index in [1.807, 2.05) is 17.9 Å². The molecule has 6 heteroatoms. The van der Waals surface area contributed by atoms with Crippen molar-refractivity contribution in [3.63, 3.8) is 0 Å². The number of benzene rings is 1. The van der Waals surface area contributed by atoms with E-state index in [2.05, 4.69) is 18.6 Å². The summed E-state index contributed by atoms with van der Waals surface area (Å²) in [6, 6.07) is 5.24. The molecule has 0 bridgehead atoms. The normalized spacial score (nSPS) is 21.8. The van der Waals surface area contributed by atoms with Gasteiger partial charge in [0.15, 0.2) is 0 Å². The Morgan fingerprint density at radius 2 is 1.83 bits per heavy atom. The van der Waals surface area contributed by atoms with E-state index in [0.717, 1.165) is 25.1 Å². The van der Waals surface area contributed by atoms with Crippen molar-refractivity contribution in [1.82, 2.24) is 9.62 Å². The predicted octanol–water partition coefficient (Wildman–Crippen LogP) is 2.48. The number of nitrogens with zero attached hydrogens (tertiary/aromatic N) is 1. The van der Waals surface area contributed by atoms with Crippen LogP contribution < -0.4 is 4.72 Å². The molecule has 24 heavy (non-hydrogen) atoms. The highest BCUT2D eigenvalue weighted by molar-refractivity contribution is 7.89. The lowest BCUT2D eigenvalue weighted by Gasteiger charge is -2.35. The summed E-state index contributed by atoms with van der Waals surface area (Å²) in [4.78, 5) is 14.5. The quantitative estimate of drug-likeness (QED) is 0.885. The number of nitrogens with one attached hydrogen (secondary N) is 1. The summed E-state index contributed by atoms with van der Waals surface area (Å²) < 4.78 is 27.3. The van der Waals surface area contributed by atoms with Crippen LogP contribution in [0.25, 0.3) is 0 Å². The number of hydrogen-bond acceptors (Lipinski definition) is 3. The lowest BCUT2D eigenvalue weighted by molar-refractivity contribution is -0.133. The third-order valence-corrected chi connectivity index (χ3v) is 6.09. The van der Waals surface area contributed by atoms with Gasteiger partial charge in [0, 0.05) is 26.1 Å². The first-order valence-electron chi connectivity index (χ1n) is 8.53. The Kier molecular flexibility index (Phi) is 6.04. The van der Waals surface area contributed by atoms with Crippen molar-refractivity contribution in [3.8, 4) is 0 Å². The minimum absolute atomic E-state index is 0.0247. The summed E-state index contributed by atoms with van der Waals surface area (Å²) in [5, 5.41) is 0. The van der Waals surface area contributed by atoms with Crippen molar-refractivity contribution in [2.45, 2.75) is 45.4 Å². The van der Waals surface area contributed by atoms with Gasteiger partial charge in [0.25, 0.3) is 0 Å². The molecule has 2 rings (SSSR count). The van der Waals surface area contributed by atoms with E-state index in [-0.39, 0.29) is 23.8 Å². The molecule has 1 aliphatic rings. The van der Waals surface area contributed by atoms with Crippen molar-refractivity contribution in [2.75, 3.05) is 19.6 Å².